The van der Waals surface area contributed by atoms with Crippen molar-refractivity contribution in [3.05, 3.63) is 22.8 Å². The molecule has 0 spiro atoms. The van der Waals surface area contributed by atoms with Gasteiger partial charge in [-0.25, -0.2) is 9.37 Å². The van der Waals surface area contributed by atoms with E-state index in [2.05, 4.69) is 20.9 Å². The van der Waals surface area contributed by atoms with E-state index in [9.17, 15) is 26.3 Å². The molecule has 0 saturated carbocycles. The molecule has 0 amide bonds. The van der Waals surface area contributed by atoms with Crippen LogP contribution in [0.1, 0.15) is 12.0 Å². The van der Waals surface area contributed by atoms with Gasteiger partial charge in [0.1, 0.15) is 5.03 Å². The van der Waals surface area contributed by atoms with E-state index in [0.29, 0.717) is 12.3 Å². The van der Waals surface area contributed by atoms with Gasteiger partial charge in [0.05, 0.1) is 10.6 Å². The highest BCUT2D eigenvalue weighted by Crippen LogP contribution is 2.46. The largest absolute Gasteiger partial charge is 0.417 e. The summed E-state index contributed by atoms with van der Waals surface area (Å²) in [6, 6.07) is 0.673. The molecule has 21 heavy (non-hydrogen) atoms. The van der Waals surface area contributed by atoms with Crippen molar-refractivity contribution in [1.82, 2.24) is 4.98 Å². The number of halogens is 9. The summed E-state index contributed by atoms with van der Waals surface area (Å²) in [6.07, 6.45) is -4.62. The first-order chi connectivity index (χ1) is 9.34. The van der Waals surface area contributed by atoms with Gasteiger partial charge in [-0.1, -0.05) is 11.6 Å². The molecule has 0 radical (unpaired) electrons. The fraction of sp³-hybridized carbons (Fsp3) is 0.500. The van der Waals surface area contributed by atoms with E-state index in [4.69, 9.17) is 11.6 Å². The molecule has 0 saturated heterocycles. The van der Waals surface area contributed by atoms with E-state index >= 15 is 0 Å². The maximum absolute atomic E-state index is 13.5. The Kier molecular flexibility index (Phi) is 6.31. The predicted molar refractivity (Wildman–Crippen MR) is 76.2 cm³/mol. The van der Waals surface area contributed by atoms with Crippen molar-refractivity contribution in [3.8, 4) is 0 Å². The Morgan fingerprint density at radius 2 is 1.71 bits per heavy atom. The minimum atomic E-state index is -4.58. The molecule has 1 aromatic heterocycles. The molecule has 1 atom stereocenters. The van der Waals surface area contributed by atoms with Gasteiger partial charge in [-0.15, -0.1) is 11.8 Å². The lowest BCUT2D eigenvalue weighted by Crippen LogP contribution is -2.33. The van der Waals surface area contributed by atoms with Crippen molar-refractivity contribution < 1.29 is 26.3 Å². The third-order valence-electron chi connectivity index (χ3n) is 2.20. The first kappa shape index (κ1) is 19.4. The van der Waals surface area contributed by atoms with Crippen molar-refractivity contribution in [2.45, 2.75) is 27.0 Å². The lowest BCUT2D eigenvalue weighted by Gasteiger charge is -2.23. The maximum atomic E-state index is 13.5. The molecule has 120 valence electrons. The average Bonchev–Trinajstić information content (AvgIpc) is 2.28. The van der Waals surface area contributed by atoms with Crippen LogP contribution in [0, 0.1) is 0 Å². The molecule has 1 nitrogen and oxygen atoms in total. The molecule has 0 aliphatic rings. The lowest BCUT2D eigenvalue weighted by atomic mass is 10.3. The molecular formula is C10H6Br2ClF6NS. The van der Waals surface area contributed by atoms with Crippen LogP contribution in [0.15, 0.2) is 17.3 Å². The Labute approximate surface area is 142 Å². The standard InChI is InChI=1S/C10H6Br2ClF6NS/c11-8(14,10(12,18)19)1-2-21-7-6(13)3-5(4-20-7)9(15,16)17/h3-4H,1-2H2/t8-/m0/s1. The first-order valence-corrected chi connectivity index (χ1v) is 8.09. The highest BCUT2D eigenvalue weighted by molar-refractivity contribution is 9.12. The number of alkyl halides is 8. The van der Waals surface area contributed by atoms with Crippen LogP contribution in [-0.4, -0.2) is 20.1 Å². The van der Waals surface area contributed by atoms with E-state index in [1.807, 2.05) is 15.9 Å². The third kappa shape index (κ3) is 5.47. The topological polar surface area (TPSA) is 12.9 Å². The van der Waals surface area contributed by atoms with E-state index in [0.717, 1.165) is 11.8 Å². The highest BCUT2D eigenvalue weighted by Gasteiger charge is 2.50. The number of nitrogens with zero attached hydrogens (tertiary/aromatic N) is 1. The molecule has 0 N–H and O–H groups in total. The summed E-state index contributed by atoms with van der Waals surface area (Å²) in [4.78, 5) is -0.279. The Balaban J connectivity index is 2.70. The summed E-state index contributed by atoms with van der Waals surface area (Å²) in [6.45, 7) is 0. The lowest BCUT2D eigenvalue weighted by molar-refractivity contribution is -0.137. The molecule has 1 rings (SSSR count). The molecule has 0 fully saturated rings. The number of aromatic nitrogens is 1. The first-order valence-electron chi connectivity index (χ1n) is 5.15. The summed E-state index contributed by atoms with van der Waals surface area (Å²) in [7, 11) is 0. The van der Waals surface area contributed by atoms with Crippen molar-refractivity contribution in [3.63, 3.8) is 0 Å². The number of rotatable bonds is 5. The van der Waals surface area contributed by atoms with E-state index in [-0.39, 0.29) is 15.8 Å². The molecule has 0 aliphatic carbocycles. The van der Waals surface area contributed by atoms with Crippen LogP contribution in [0.4, 0.5) is 26.3 Å². The van der Waals surface area contributed by atoms with Crippen LogP contribution < -0.4 is 0 Å². The van der Waals surface area contributed by atoms with Gasteiger partial charge in [0, 0.05) is 18.4 Å². The summed E-state index contributed by atoms with van der Waals surface area (Å²) in [5, 5.41) is -0.273. The zero-order valence-electron chi connectivity index (χ0n) is 9.83. The van der Waals surface area contributed by atoms with Crippen molar-refractivity contribution in [2.24, 2.45) is 0 Å². The van der Waals surface area contributed by atoms with E-state index in [1.54, 1.807) is 0 Å². The van der Waals surface area contributed by atoms with Gasteiger partial charge in [-0.2, -0.15) is 22.0 Å². The third-order valence-corrected chi connectivity index (χ3v) is 5.67. The number of pyridine rings is 1. The van der Waals surface area contributed by atoms with Crippen LogP contribution >= 0.6 is 55.2 Å². The number of thioether (sulfide) groups is 1. The molecule has 11 heteroatoms. The van der Waals surface area contributed by atoms with Crippen molar-refractivity contribution in [2.75, 3.05) is 5.75 Å². The quantitative estimate of drug-likeness (QED) is 0.279. The summed E-state index contributed by atoms with van der Waals surface area (Å²) >= 11 is 10.6. The highest BCUT2D eigenvalue weighted by atomic mass is 79.9. The predicted octanol–water partition coefficient (Wildman–Crippen LogP) is 6.28. The SMILES string of the molecule is FC(F)(F)c1cnc(SCC[C@@](F)(Br)C(F)(F)Br)c(Cl)c1. The average molecular weight is 481 g/mol. The smallest absolute Gasteiger partial charge is 0.248 e. The van der Waals surface area contributed by atoms with E-state index < -0.39 is 27.6 Å². The van der Waals surface area contributed by atoms with Gasteiger partial charge < -0.3 is 0 Å². The fourth-order valence-corrected chi connectivity index (χ4v) is 2.99. The van der Waals surface area contributed by atoms with Crippen LogP contribution in [0.5, 0.6) is 0 Å². The van der Waals surface area contributed by atoms with Gasteiger partial charge in [0.15, 0.2) is 0 Å². The fourth-order valence-electron chi connectivity index (χ4n) is 1.10. The second kappa shape index (κ2) is 6.84. The zero-order valence-corrected chi connectivity index (χ0v) is 14.6. The van der Waals surface area contributed by atoms with Crippen LogP contribution in [0.25, 0.3) is 0 Å². The molecule has 0 aliphatic heterocycles. The summed E-state index contributed by atoms with van der Waals surface area (Å²) in [5.74, 6) is -0.166. The Morgan fingerprint density at radius 1 is 1.14 bits per heavy atom. The normalized spacial score (nSPS) is 15.9. The second-order valence-corrected chi connectivity index (χ2v) is 7.55. The molecule has 1 aromatic rings. The van der Waals surface area contributed by atoms with E-state index in [1.165, 1.54) is 0 Å². The van der Waals surface area contributed by atoms with Gasteiger partial charge in [0.2, 0.25) is 4.58 Å². The van der Waals surface area contributed by atoms with Gasteiger partial charge in [-0.3, -0.25) is 0 Å². The Hall–Kier alpha value is 0.330. The monoisotopic (exact) mass is 479 g/mol. The van der Waals surface area contributed by atoms with Crippen LogP contribution in [0.3, 0.4) is 0 Å². The maximum Gasteiger partial charge on any atom is 0.417 e. The van der Waals surface area contributed by atoms with Crippen molar-refractivity contribution >= 4 is 55.2 Å². The summed E-state index contributed by atoms with van der Waals surface area (Å²) < 4.78 is 73.3. The molecular weight excluding hydrogens is 475 g/mol. The Morgan fingerprint density at radius 3 is 2.14 bits per heavy atom. The second-order valence-electron chi connectivity index (χ2n) is 3.81. The van der Waals surface area contributed by atoms with Crippen LogP contribution in [-0.2, 0) is 6.18 Å². The minimum absolute atomic E-state index is 0.00542. The molecule has 1 heterocycles. The van der Waals surface area contributed by atoms with Crippen molar-refractivity contribution in [1.29, 1.82) is 0 Å². The minimum Gasteiger partial charge on any atom is -0.248 e. The Bertz CT molecular complexity index is 505. The molecule has 0 unspecified atom stereocenters. The van der Waals surface area contributed by atoms with Gasteiger partial charge >= 0.3 is 11.0 Å². The van der Waals surface area contributed by atoms with Gasteiger partial charge in [-0.05, 0) is 37.9 Å². The molecule has 0 aromatic carbocycles. The molecule has 0 bridgehead atoms. The van der Waals surface area contributed by atoms with Gasteiger partial charge in [0.25, 0.3) is 0 Å². The number of hydrogen-bond donors (Lipinski definition) is 0. The summed E-state index contributed by atoms with van der Waals surface area (Å²) in [5.41, 5.74) is -1.02. The number of hydrogen-bond acceptors (Lipinski definition) is 2. The zero-order chi connectivity index (χ0) is 16.5. The van der Waals surface area contributed by atoms with Crippen LogP contribution in [0.2, 0.25) is 5.02 Å².